The molecule has 0 unspecified atom stereocenters. The van der Waals surface area contributed by atoms with E-state index in [4.69, 9.17) is 14.2 Å². The number of benzene rings is 1. The van der Waals surface area contributed by atoms with Gasteiger partial charge in [0.2, 0.25) is 11.8 Å². The molecule has 3 heterocycles. The van der Waals surface area contributed by atoms with Crippen molar-refractivity contribution in [1.29, 1.82) is 0 Å². The van der Waals surface area contributed by atoms with Crippen molar-refractivity contribution in [1.82, 2.24) is 25.1 Å². The number of allylic oxidation sites excluding steroid dienone is 2. The number of nitrogens with one attached hydrogen (secondary N) is 1. The van der Waals surface area contributed by atoms with Crippen LogP contribution in [0.3, 0.4) is 0 Å². The van der Waals surface area contributed by atoms with E-state index in [1.807, 2.05) is 43.3 Å². The van der Waals surface area contributed by atoms with Crippen LogP contribution in [0.25, 0.3) is 10.9 Å². The van der Waals surface area contributed by atoms with E-state index in [-0.39, 0.29) is 0 Å². The monoisotopic (exact) mass is 423 g/mol. The molecule has 1 aliphatic heterocycles. The fraction of sp³-hybridized carbons (Fsp3) is 0.435. The van der Waals surface area contributed by atoms with Gasteiger partial charge in [-0.3, -0.25) is 10.00 Å². The molecule has 164 valence electrons. The first-order chi connectivity index (χ1) is 15.3. The van der Waals surface area contributed by atoms with Crippen LogP contribution in [0.2, 0.25) is 0 Å². The van der Waals surface area contributed by atoms with Crippen molar-refractivity contribution in [2.75, 3.05) is 39.5 Å². The molecule has 1 saturated heterocycles. The number of para-hydroxylation sites is 1. The highest BCUT2D eigenvalue weighted by Crippen LogP contribution is 2.28. The summed E-state index contributed by atoms with van der Waals surface area (Å²) >= 11 is 0. The van der Waals surface area contributed by atoms with Crippen molar-refractivity contribution >= 4 is 10.9 Å². The van der Waals surface area contributed by atoms with E-state index in [0.717, 1.165) is 68.7 Å². The Morgan fingerprint density at radius 3 is 2.94 bits per heavy atom. The van der Waals surface area contributed by atoms with Crippen LogP contribution in [0.1, 0.15) is 25.5 Å². The summed E-state index contributed by atoms with van der Waals surface area (Å²) in [4.78, 5) is 11.4. The maximum absolute atomic E-state index is 6.01. The second-order valence-electron chi connectivity index (χ2n) is 7.43. The van der Waals surface area contributed by atoms with Gasteiger partial charge in [0.05, 0.1) is 30.7 Å². The molecule has 2 aromatic heterocycles. The maximum atomic E-state index is 6.01. The molecular formula is C23H29N5O3. The summed E-state index contributed by atoms with van der Waals surface area (Å²) in [6, 6.07) is 9.97. The van der Waals surface area contributed by atoms with Gasteiger partial charge in [-0.05, 0) is 38.3 Å². The average molecular weight is 424 g/mol. The van der Waals surface area contributed by atoms with Crippen molar-refractivity contribution in [2.45, 2.75) is 26.2 Å². The van der Waals surface area contributed by atoms with E-state index in [2.05, 4.69) is 31.1 Å². The Bertz CT molecular complexity index is 998. The lowest BCUT2D eigenvalue weighted by atomic mass is 10.2. The molecule has 1 aliphatic rings. The molecule has 3 aromatic rings. The highest BCUT2D eigenvalue weighted by molar-refractivity contribution is 5.83. The second kappa shape index (κ2) is 10.9. The molecule has 0 spiro atoms. The fourth-order valence-corrected chi connectivity index (χ4v) is 3.47. The third-order valence-corrected chi connectivity index (χ3v) is 5.13. The van der Waals surface area contributed by atoms with Crippen LogP contribution in [0.4, 0.5) is 0 Å². The van der Waals surface area contributed by atoms with E-state index in [9.17, 15) is 0 Å². The second-order valence-corrected chi connectivity index (χ2v) is 7.43. The maximum Gasteiger partial charge on any atom is 0.320 e. The van der Waals surface area contributed by atoms with Crippen molar-refractivity contribution in [3.8, 4) is 17.8 Å². The van der Waals surface area contributed by atoms with Gasteiger partial charge in [0.1, 0.15) is 0 Å². The zero-order chi connectivity index (χ0) is 21.3. The molecule has 1 N–H and O–H groups in total. The number of aromatic nitrogens is 4. The molecule has 0 amide bonds. The summed E-state index contributed by atoms with van der Waals surface area (Å²) in [5, 5.41) is 8.11. The molecule has 0 aliphatic carbocycles. The third kappa shape index (κ3) is 6.02. The summed E-state index contributed by atoms with van der Waals surface area (Å²) < 4.78 is 17.3. The molecule has 1 fully saturated rings. The first kappa shape index (κ1) is 21.3. The number of nitrogens with zero attached hydrogens (tertiary/aromatic N) is 4. The lowest BCUT2D eigenvalue weighted by Gasteiger charge is -2.26. The van der Waals surface area contributed by atoms with Crippen LogP contribution in [0.15, 0.2) is 42.5 Å². The largest absolute Gasteiger partial charge is 0.463 e. The lowest BCUT2D eigenvalue weighted by molar-refractivity contribution is 0.0356. The van der Waals surface area contributed by atoms with Crippen LogP contribution in [-0.2, 0) is 11.2 Å². The molecule has 0 bridgehead atoms. The Kier molecular flexibility index (Phi) is 7.46. The molecule has 31 heavy (non-hydrogen) atoms. The van der Waals surface area contributed by atoms with Crippen molar-refractivity contribution in [3.05, 3.63) is 48.2 Å². The summed E-state index contributed by atoms with van der Waals surface area (Å²) in [6.07, 6.45) is 6.91. The van der Waals surface area contributed by atoms with Crippen LogP contribution < -0.4 is 9.47 Å². The number of rotatable bonds is 10. The number of fused-ring (bicyclic) bond motifs is 1. The Morgan fingerprint density at radius 2 is 2.06 bits per heavy atom. The minimum atomic E-state index is 0.319. The van der Waals surface area contributed by atoms with E-state index >= 15 is 0 Å². The van der Waals surface area contributed by atoms with Crippen molar-refractivity contribution < 1.29 is 14.2 Å². The van der Waals surface area contributed by atoms with Gasteiger partial charge >= 0.3 is 6.01 Å². The zero-order valence-corrected chi connectivity index (χ0v) is 17.9. The zero-order valence-electron chi connectivity index (χ0n) is 17.9. The first-order valence-corrected chi connectivity index (χ1v) is 10.8. The number of aromatic amines is 1. The predicted octanol–water partition coefficient (Wildman–Crippen LogP) is 3.76. The predicted molar refractivity (Wildman–Crippen MR) is 119 cm³/mol. The van der Waals surface area contributed by atoms with Gasteiger partial charge in [-0.1, -0.05) is 24.3 Å². The van der Waals surface area contributed by atoms with E-state index in [0.29, 0.717) is 24.4 Å². The van der Waals surface area contributed by atoms with Gasteiger partial charge in [-0.15, -0.1) is 5.10 Å². The number of aryl methyl sites for hydroxylation is 1. The molecule has 1 aromatic carbocycles. The van der Waals surface area contributed by atoms with Gasteiger partial charge in [0.15, 0.2) is 0 Å². The SMILES string of the molecule is CC=CCCc1cc(Oc2nc(OCCCN3CCOCC3)nc3ccccc23)n[nH]1. The molecule has 0 radical (unpaired) electrons. The van der Waals surface area contributed by atoms with Crippen molar-refractivity contribution in [3.63, 3.8) is 0 Å². The summed E-state index contributed by atoms with van der Waals surface area (Å²) in [7, 11) is 0. The van der Waals surface area contributed by atoms with Crippen LogP contribution in [-0.4, -0.2) is 64.5 Å². The molecule has 0 atom stereocenters. The van der Waals surface area contributed by atoms with Gasteiger partial charge < -0.3 is 14.2 Å². The number of ether oxygens (including phenoxy) is 3. The number of H-pyrrole nitrogens is 1. The normalized spacial score (nSPS) is 15.0. The van der Waals surface area contributed by atoms with Crippen LogP contribution >= 0.6 is 0 Å². The fourth-order valence-electron chi connectivity index (χ4n) is 3.47. The Morgan fingerprint density at radius 1 is 1.19 bits per heavy atom. The van der Waals surface area contributed by atoms with E-state index < -0.39 is 0 Å². The Hall–Kier alpha value is -2.97. The minimum Gasteiger partial charge on any atom is -0.463 e. The summed E-state index contributed by atoms with van der Waals surface area (Å²) in [6.45, 7) is 7.11. The molecule has 8 heteroatoms. The van der Waals surface area contributed by atoms with E-state index in [1.165, 1.54) is 0 Å². The van der Waals surface area contributed by atoms with E-state index in [1.54, 1.807) is 0 Å². The smallest absolute Gasteiger partial charge is 0.320 e. The van der Waals surface area contributed by atoms with Gasteiger partial charge in [-0.2, -0.15) is 9.97 Å². The number of hydrogen-bond donors (Lipinski definition) is 1. The Labute approximate surface area is 182 Å². The third-order valence-electron chi connectivity index (χ3n) is 5.13. The molecule has 0 saturated carbocycles. The number of hydrogen-bond acceptors (Lipinski definition) is 7. The minimum absolute atomic E-state index is 0.319. The Balaban J connectivity index is 1.41. The van der Waals surface area contributed by atoms with Crippen molar-refractivity contribution in [2.24, 2.45) is 0 Å². The topological polar surface area (TPSA) is 85.4 Å². The average Bonchev–Trinajstić information content (AvgIpc) is 3.25. The number of morpholine rings is 1. The van der Waals surface area contributed by atoms with Gasteiger partial charge in [-0.25, -0.2) is 0 Å². The highest BCUT2D eigenvalue weighted by Gasteiger charge is 2.13. The standard InChI is InChI=1S/C23H29N5O3/c1-2-3-4-8-18-17-21(27-26-18)31-22-19-9-5-6-10-20(19)24-23(25-22)30-14-7-11-28-12-15-29-16-13-28/h2-3,5-6,9-10,17H,4,7-8,11-16H2,1H3,(H,26,27). The molecule has 8 nitrogen and oxygen atoms in total. The lowest BCUT2D eigenvalue weighted by Crippen LogP contribution is -2.37. The quantitative estimate of drug-likeness (QED) is 0.393. The molecular weight excluding hydrogens is 394 g/mol. The summed E-state index contributed by atoms with van der Waals surface area (Å²) in [5.41, 5.74) is 1.80. The summed E-state index contributed by atoms with van der Waals surface area (Å²) in [5.74, 6) is 0.929. The van der Waals surface area contributed by atoms with Gasteiger partial charge in [0.25, 0.3) is 0 Å². The molecule has 4 rings (SSSR count). The first-order valence-electron chi connectivity index (χ1n) is 10.8. The highest BCUT2D eigenvalue weighted by atomic mass is 16.5. The van der Waals surface area contributed by atoms with Crippen LogP contribution in [0, 0.1) is 0 Å². The van der Waals surface area contributed by atoms with Crippen LogP contribution in [0.5, 0.6) is 17.8 Å². The van der Waals surface area contributed by atoms with Gasteiger partial charge in [0, 0.05) is 31.4 Å².